The molecule has 0 aromatic rings. The van der Waals surface area contributed by atoms with E-state index in [1.54, 1.807) is 6.92 Å². The Morgan fingerprint density at radius 2 is 2.25 bits per heavy atom. The SMILES string of the molecule is COC(=O)C1CCCCC1(C)O. The summed E-state index contributed by atoms with van der Waals surface area (Å²) in [5, 5.41) is 9.83. The molecule has 2 atom stereocenters. The fourth-order valence-corrected chi connectivity index (χ4v) is 1.83. The lowest BCUT2D eigenvalue weighted by Crippen LogP contribution is -2.42. The van der Waals surface area contributed by atoms with Crippen LogP contribution in [-0.4, -0.2) is 23.8 Å². The third-order valence-corrected chi connectivity index (χ3v) is 2.66. The predicted octanol–water partition coefficient (Wildman–Crippen LogP) is 1.10. The van der Waals surface area contributed by atoms with E-state index in [0.29, 0.717) is 6.42 Å². The van der Waals surface area contributed by atoms with E-state index in [2.05, 4.69) is 4.74 Å². The van der Waals surface area contributed by atoms with Crippen molar-refractivity contribution < 1.29 is 14.6 Å². The minimum atomic E-state index is -0.856. The number of rotatable bonds is 1. The average Bonchev–Trinajstić information content (AvgIpc) is 2.02. The van der Waals surface area contributed by atoms with Gasteiger partial charge in [0.15, 0.2) is 0 Å². The van der Waals surface area contributed by atoms with E-state index in [1.807, 2.05) is 0 Å². The fourth-order valence-electron chi connectivity index (χ4n) is 1.83. The summed E-state index contributed by atoms with van der Waals surface area (Å²) in [6.07, 6.45) is 3.46. The number of hydrogen-bond acceptors (Lipinski definition) is 3. The second-order valence-electron chi connectivity index (χ2n) is 3.68. The molecule has 1 aliphatic rings. The molecule has 0 radical (unpaired) electrons. The first-order chi connectivity index (χ1) is 5.58. The van der Waals surface area contributed by atoms with Crippen molar-refractivity contribution in [3.63, 3.8) is 0 Å². The monoisotopic (exact) mass is 172 g/mol. The molecule has 3 heteroatoms. The van der Waals surface area contributed by atoms with Crippen LogP contribution in [-0.2, 0) is 9.53 Å². The Hall–Kier alpha value is -0.570. The van der Waals surface area contributed by atoms with Crippen LogP contribution in [0.3, 0.4) is 0 Å². The highest BCUT2D eigenvalue weighted by atomic mass is 16.5. The molecule has 2 unspecified atom stereocenters. The van der Waals surface area contributed by atoms with Gasteiger partial charge in [0.25, 0.3) is 0 Å². The van der Waals surface area contributed by atoms with Crippen LogP contribution >= 0.6 is 0 Å². The van der Waals surface area contributed by atoms with Gasteiger partial charge in [0, 0.05) is 0 Å². The number of carbonyl (C=O) groups is 1. The second-order valence-corrected chi connectivity index (χ2v) is 3.68. The van der Waals surface area contributed by atoms with E-state index in [1.165, 1.54) is 7.11 Å². The zero-order valence-corrected chi connectivity index (χ0v) is 7.67. The van der Waals surface area contributed by atoms with Crippen molar-refractivity contribution in [1.82, 2.24) is 0 Å². The van der Waals surface area contributed by atoms with Gasteiger partial charge in [0.1, 0.15) is 0 Å². The lowest BCUT2D eigenvalue weighted by atomic mass is 9.77. The molecule has 0 spiro atoms. The van der Waals surface area contributed by atoms with Crippen LogP contribution in [0.5, 0.6) is 0 Å². The summed E-state index contributed by atoms with van der Waals surface area (Å²) < 4.78 is 4.63. The minimum absolute atomic E-state index is 0.278. The van der Waals surface area contributed by atoms with Crippen LogP contribution in [0.25, 0.3) is 0 Å². The Kier molecular flexibility index (Phi) is 2.73. The molecular weight excluding hydrogens is 156 g/mol. The lowest BCUT2D eigenvalue weighted by molar-refractivity contribution is -0.157. The number of aliphatic hydroxyl groups is 1. The van der Waals surface area contributed by atoms with Crippen molar-refractivity contribution in [2.24, 2.45) is 5.92 Å². The molecule has 12 heavy (non-hydrogen) atoms. The zero-order chi connectivity index (χ0) is 9.19. The van der Waals surface area contributed by atoms with Crippen LogP contribution < -0.4 is 0 Å². The number of carbonyl (C=O) groups excluding carboxylic acids is 1. The lowest BCUT2D eigenvalue weighted by Gasteiger charge is -2.34. The maximum Gasteiger partial charge on any atom is 0.311 e. The van der Waals surface area contributed by atoms with Crippen LogP contribution in [0.15, 0.2) is 0 Å². The first-order valence-electron chi connectivity index (χ1n) is 4.38. The van der Waals surface area contributed by atoms with Gasteiger partial charge < -0.3 is 9.84 Å². The van der Waals surface area contributed by atoms with Gasteiger partial charge in [-0.2, -0.15) is 0 Å². The van der Waals surface area contributed by atoms with Gasteiger partial charge in [0.2, 0.25) is 0 Å². The summed E-state index contributed by atoms with van der Waals surface area (Å²) in [5.74, 6) is -0.601. The van der Waals surface area contributed by atoms with E-state index in [9.17, 15) is 9.90 Å². The van der Waals surface area contributed by atoms with Crippen molar-refractivity contribution in [2.45, 2.75) is 38.2 Å². The van der Waals surface area contributed by atoms with Gasteiger partial charge in [-0.1, -0.05) is 12.8 Å². The predicted molar refractivity (Wildman–Crippen MR) is 44.6 cm³/mol. The molecule has 0 bridgehead atoms. The highest BCUT2D eigenvalue weighted by Gasteiger charge is 2.39. The maximum atomic E-state index is 11.2. The molecule has 1 aliphatic carbocycles. The standard InChI is InChI=1S/C9H16O3/c1-9(11)6-4-3-5-7(9)8(10)12-2/h7,11H,3-6H2,1-2H3. The van der Waals surface area contributed by atoms with Gasteiger partial charge in [-0.3, -0.25) is 4.79 Å². The van der Waals surface area contributed by atoms with Crippen molar-refractivity contribution in [3.05, 3.63) is 0 Å². The average molecular weight is 172 g/mol. The second kappa shape index (κ2) is 3.44. The third-order valence-electron chi connectivity index (χ3n) is 2.66. The Balaban J connectivity index is 2.66. The Bertz CT molecular complexity index is 175. The van der Waals surface area contributed by atoms with Crippen molar-refractivity contribution in [3.8, 4) is 0 Å². The van der Waals surface area contributed by atoms with E-state index in [-0.39, 0.29) is 11.9 Å². The first-order valence-corrected chi connectivity index (χ1v) is 4.38. The maximum absolute atomic E-state index is 11.2. The van der Waals surface area contributed by atoms with Gasteiger partial charge in [-0.05, 0) is 19.8 Å². The Morgan fingerprint density at radius 3 is 2.75 bits per heavy atom. The van der Waals surface area contributed by atoms with Crippen molar-refractivity contribution in [2.75, 3.05) is 7.11 Å². The van der Waals surface area contributed by atoms with Crippen LogP contribution in [0.4, 0.5) is 0 Å². The smallest absolute Gasteiger partial charge is 0.311 e. The van der Waals surface area contributed by atoms with Gasteiger partial charge >= 0.3 is 5.97 Å². The molecular formula is C9H16O3. The summed E-state index contributed by atoms with van der Waals surface area (Å²) in [4.78, 5) is 11.2. The number of methoxy groups -OCH3 is 1. The molecule has 0 aliphatic heterocycles. The largest absolute Gasteiger partial charge is 0.469 e. The molecule has 0 aromatic heterocycles. The van der Waals surface area contributed by atoms with E-state index >= 15 is 0 Å². The summed E-state index contributed by atoms with van der Waals surface area (Å²) in [6, 6.07) is 0. The quantitative estimate of drug-likeness (QED) is 0.602. The number of ether oxygens (including phenoxy) is 1. The topological polar surface area (TPSA) is 46.5 Å². The van der Waals surface area contributed by atoms with Gasteiger partial charge in [-0.25, -0.2) is 0 Å². The third kappa shape index (κ3) is 1.78. The number of esters is 1. The summed E-state index contributed by atoms with van der Waals surface area (Å²) in [5.41, 5.74) is -0.856. The Morgan fingerprint density at radius 1 is 1.58 bits per heavy atom. The van der Waals surface area contributed by atoms with Gasteiger partial charge in [-0.15, -0.1) is 0 Å². The van der Waals surface area contributed by atoms with Crippen LogP contribution in [0.1, 0.15) is 32.6 Å². The fraction of sp³-hybridized carbons (Fsp3) is 0.889. The molecule has 70 valence electrons. The zero-order valence-electron chi connectivity index (χ0n) is 7.67. The van der Waals surface area contributed by atoms with Crippen molar-refractivity contribution in [1.29, 1.82) is 0 Å². The summed E-state index contributed by atoms with van der Waals surface area (Å²) in [7, 11) is 1.37. The molecule has 0 saturated heterocycles. The molecule has 1 saturated carbocycles. The van der Waals surface area contributed by atoms with E-state index in [4.69, 9.17) is 0 Å². The normalized spacial score (nSPS) is 36.1. The Labute approximate surface area is 72.7 Å². The van der Waals surface area contributed by atoms with E-state index < -0.39 is 5.60 Å². The molecule has 0 aromatic carbocycles. The number of hydrogen-bond donors (Lipinski definition) is 1. The molecule has 3 nitrogen and oxygen atoms in total. The van der Waals surface area contributed by atoms with Crippen molar-refractivity contribution >= 4 is 5.97 Å². The van der Waals surface area contributed by atoms with Gasteiger partial charge in [0.05, 0.1) is 18.6 Å². The first kappa shape index (κ1) is 9.52. The minimum Gasteiger partial charge on any atom is -0.469 e. The molecule has 0 heterocycles. The molecule has 1 N–H and O–H groups in total. The van der Waals surface area contributed by atoms with E-state index in [0.717, 1.165) is 19.3 Å². The summed E-state index contributed by atoms with van der Waals surface area (Å²) >= 11 is 0. The summed E-state index contributed by atoms with van der Waals surface area (Å²) in [6.45, 7) is 1.72. The molecule has 1 fully saturated rings. The highest BCUT2D eigenvalue weighted by molar-refractivity contribution is 5.73. The highest BCUT2D eigenvalue weighted by Crippen LogP contribution is 2.33. The molecule has 0 amide bonds. The molecule has 1 rings (SSSR count). The van der Waals surface area contributed by atoms with Crippen LogP contribution in [0, 0.1) is 5.92 Å². The van der Waals surface area contributed by atoms with Crippen LogP contribution in [0.2, 0.25) is 0 Å².